The molecule has 1 aromatic carbocycles. The van der Waals surface area contributed by atoms with Gasteiger partial charge in [-0.3, -0.25) is 4.79 Å². The first-order valence-corrected chi connectivity index (χ1v) is 4.97. The van der Waals surface area contributed by atoms with E-state index in [1.807, 2.05) is 25.1 Å². The third-order valence-electron chi connectivity index (χ3n) is 2.49. The predicted octanol–water partition coefficient (Wildman–Crippen LogP) is 1.24. The first-order chi connectivity index (χ1) is 7.70. The van der Waals surface area contributed by atoms with Crippen LogP contribution in [0.5, 0.6) is 0 Å². The smallest absolute Gasteiger partial charge is 0.264 e. The summed E-state index contributed by atoms with van der Waals surface area (Å²) in [4.78, 5) is 10.9. The number of aromatic nitrogens is 2. The van der Waals surface area contributed by atoms with E-state index in [4.69, 9.17) is 5.11 Å². The molecule has 4 heteroatoms. The van der Waals surface area contributed by atoms with Gasteiger partial charge in [-0.1, -0.05) is 12.1 Å². The maximum atomic E-state index is 10.9. The Hall–Kier alpha value is -1.94. The van der Waals surface area contributed by atoms with Crippen LogP contribution in [0.15, 0.2) is 35.1 Å². The molecule has 16 heavy (non-hydrogen) atoms. The van der Waals surface area contributed by atoms with Crippen molar-refractivity contribution in [3.8, 4) is 11.3 Å². The molecule has 0 fully saturated rings. The summed E-state index contributed by atoms with van der Waals surface area (Å²) in [6.45, 7) is 1.96. The van der Waals surface area contributed by atoms with Gasteiger partial charge in [-0.2, -0.15) is 5.10 Å². The van der Waals surface area contributed by atoms with Crippen LogP contribution in [0, 0.1) is 6.92 Å². The third-order valence-corrected chi connectivity index (χ3v) is 2.49. The van der Waals surface area contributed by atoms with Crippen molar-refractivity contribution in [1.29, 1.82) is 0 Å². The summed E-state index contributed by atoms with van der Waals surface area (Å²) in [5, 5.41) is 15.4. The molecule has 0 atom stereocenters. The minimum absolute atomic E-state index is 0.0329. The molecule has 0 bridgehead atoms. The predicted molar refractivity (Wildman–Crippen MR) is 61.0 cm³/mol. The molecule has 0 spiro atoms. The molecular formula is C12H12N2O2. The zero-order valence-corrected chi connectivity index (χ0v) is 8.90. The Morgan fingerprint density at radius 2 is 2.12 bits per heavy atom. The van der Waals surface area contributed by atoms with Crippen LogP contribution < -0.4 is 5.56 Å². The monoisotopic (exact) mass is 216 g/mol. The average molecular weight is 216 g/mol. The van der Waals surface area contributed by atoms with Crippen molar-refractivity contribution in [2.45, 2.75) is 13.5 Å². The van der Waals surface area contributed by atoms with E-state index in [2.05, 4.69) is 10.2 Å². The molecule has 0 aliphatic carbocycles. The topological polar surface area (TPSA) is 66.0 Å². The fourth-order valence-corrected chi connectivity index (χ4v) is 1.54. The van der Waals surface area contributed by atoms with Crippen molar-refractivity contribution in [1.82, 2.24) is 10.2 Å². The highest BCUT2D eigenvalue weighted by atomic mass is 16.3. The molecule has 1 heterocycles. The highest BCUT2D eigenvalue weighted by Crippen LogP contribution is 2.19. The molecule has 4 nitrogen and oxygen atoms in total. The summed E-state index contributed by atoms with van der Waals surface area (Å²) in [5.74, 6) is 0. The van der Waals surface area contributed by atoms with Crippen LogP contribution in [0.4, 0.5) is 0 Å². The summed E-state index contributed by atoms with van der Waals surface area (Å²) in [6.07, 6.45) is 0. The second-order valence-electron chi connectivity index (χ2n) is 3.61. The van der Waals surface area contributed by atoms with Crippen LogP contribution in [0.3, 0.4) is 0 Å². The molecule has 0 radical (unpaired) electrons. The maximum absolute atomic E-state index is 10.9. The van der Waals surface area contributed by atoms with Gasteiger partial charge in [0.2, 0.25) is 0 Å². The molecule has 0 unspecified atom stereocenters. The van der Waals surface area contributed by atoms with Gasteiger partial charge in [0.1, 0.15) is 0 Å². The maximum Gasteiger partial charge on any atom is 0.264 e. The van der Waals surface area contributed by atoms with Crippen molar-refractivity contribution < 1.29 is 5.11 Å². The summed E-state index contributed by atoms with van der Waals surface area (Å²) in [7, 11) is 0. The van der Waals surface area contributed by atoms with Crippen LogP contribution in [0.2, 0.25) is 0 Å². The van der Waals surface area contributed by atoms with Crippen LogP contribution in [0.25, 0.3) is 11.3 Å². The van der Waals surface area contributed by atoms with Crippen molar-refractivity contribution in [3.63, 3.8) is 0 Å². The van der Waals surface area contributed by atoms with E-state index < -0.39 is 0 Å². The lowest BCUT2D eigenvalue weighted by Crippen LogP contribution is -2.05. The highest BCUT2D eigenvalue weighted by Gasteiger charge is 2.02. The van der Waals surface area contributed by atoms with Gasteiger partial charge in [-0.05, 0) is 30.2 Å². The lowest BCUT2D eigenvalue weighted by molar-refractivity contribution is 0.281. The van der Waals surface area contributed by atoms with Gasteiger partial charge >= 0.3 is 0 Å². The van der Waals surface area contributed by atoms with E-state index >= 15 is 0 Å². The van der Waals surface area contributed by atoms with Gasteiger partial charge in [-0.15, -0.1) is 0 Å². The fourth-order valence-electron chi connectivity index (χ4n) is 1.54. The summed E-state index contributed by atoms with van der Waals surface area (Å²) < 4.78 is 0. The number of nitrogens with zero attached hydrogens (tertiary/aromatic N) is 1. The van der Waals surface area contributed by atoms with Crippen molar-refractivity contribution >= 4 is 0 Å². The number of aromatic amines is 1. The molecule has 0 aliphatic heterocycles. The molecular weight excluding hydrogens is 204 g/mol. The molecule has 2 rings (SSSR count). The van der Waals surface area contributed by atoms with Crippen LogP contribution >= 0.6 is 0 Å². The van der Waals surface area contributed by atoms with E-state index in [0.717, 1.165) is 16.7 Å². The molecule has 2 N–H and O–H groups in total. The first kappa shape index (κ1) is 10.6. The fraction of sp³-hybridized carbons (Fsp3) is 0.167. The minimum Gasteiger partial charge on any atom is -0.392 e. The quantitative estimate of drug-likeness (QED) is 0.793. The number of hydrogen-bond acceptors (Lipinski definition) is 3. The summed E-state index contributed by atoms with van der Waals surface area (Å²) in [6, 6.07) is 8.78. The number of aliphatic hydroxyl groups is 1. The van der Waals surface area contributed by atoms with E-state index in [0.29, 0.717) is 5.69 Å². The molecule has 1 aromatic heterocycles. The normalized spacial score (nSPS) is 10.4. The van der Waals surface area contributed by atoms with Gasteiger partial charge in [0.15, 0.2) is 0 Å². The SMILES string of the molecule is Cc1cc(-c2ccc(=O)[nH]n2)ccc1CO. The number of benzene rings is 1. The lowest BCUT2D eigenvalue weighted by Gasteiger charge is -2.05. The van der Waals surface area contributed by atoms with Gasteiger partial charge in [0, 0.05) is 11.6 Å². The number of aryl methyl sites for hydroxylation is 1. The Bertz CT molecular complexity index is 541. The van der Waals surface area contributed by atoms with Crippen LogP contribution in [-0.4, -0.2) is 15.3 Å². The zero-order chi connectivity index (χ0) is 11.5. The van der Waals surface area contributed by atoms with Gasteiger partial charge < -0.3 is 5.11 Å². The van der Waals surface area contributed by atoms with E-state index in [1.165, 1.54) is 6.07 Å². The van der Waals surface area contributed by atoms with Crippen LogP contribution in [0.1, 0.15) is 11.1 Å². The third kappa shape index (κ3) is 2.01. The van der Waals surface area contributed by atoms with E-state index in [9.17, 15) is 4.79 Å². The molecule has 0 aliphatic rings. The second-order valence-corrected chi connectivity index (χ2v) is 3.61. The Morgan fingerprint density at radius 1 is 1.31 bits per heavy atom. The number of H-pyrrole nitrogens is 1. The number of hydrogen-bond donors (Lipinski definition) is 2. The lowest BCUT2D eigenvalue weighted by atomic mass is 10.0. The zero-order valence-electron chi connectivity index (χ0n) is 8.90. The Morgan fingerprint density at radius 3 is 2.69 bits per heavy atom. The Labute approximate surface area is 92.6 Å². The minimum atomic E-state index is -0.215. The van der Waals surface area contributed by atoms with Crippen molar-refractivity contribution in [3.05, 3.63) is 51.8 Å². The van der Waals surface area contributed by atoms with Crippen LogP contribution in [-0.2, 0) is 6.61 Å². The van der Waals surface area contributed by atoms with Crippen molar-refractivity contribution in [2.24, 2.45) is 0 Å². The molecule has 82 valence electrons. The standard InChI is InChI=1S/C12H12N2O2/c1-8-6-9(2-3-10(8)7-15)11-4-5-12(16)14-13-11/h2-6,15H,7H2,1H3,(H,14,16). The molecule has 0 saturated carbocycles. The molecule has 0 saturated heterocycles. The average Bonchev–Trinajstić information content (AvgIpc) is 2.30. The Kier molecular flexibility index (Phi) is 2.83. The van der Waals surface area contributed by atoms with Crippen molar-refractivity contribution in [2.75, 3.05) is 0 Å². The molecule has 2 aromatic rings. The van der Waals surface area contributed by atoms with E-state index in [1.54, 1.807) is 6.07 Å². The number of rotatable bonds is 2. The largest absolute Gasteiger partial charge is 0.392 e. The highest BCUT2D eigenvalue weighted by molar-refractivity contribution is 5.60. The van der Waals surface area contributed by atoms with Gasteiger partial charge in [-0.25, -0.2) is 5.10 Å². The van der Waals surface area contributed by atoms with E-state index in [-0.39, 0.29) is 12.2 Å². The summed E-state index contributed by atoms with van der Waals surface area (Å²) in [5.41, 5.74) is 3.33. The Balaban J connectivity index is 2.45. The van der Waals surface area contributed by atoms with Gasteiger partial charge in [0.05, 0.1) is 12.3 Å². The second kappa shape index (κ2) is 4.28. The molecule has 0 amide bonds. The number of nitrogens with one attached hydrogen (secondary N) is 1. The number of aliphatic hydroxyl groups excluding tert-OH is 1. The van der Waals surface area contributed by atoms with Gasteiger partial charge in [0.25, 0.3) is 5.56 Å². The first-order valence-electron chi connectivity index (χ1n) is 4.97. The summed E-state index contributed by atoms with van der Waals surface area (Å²) >= 11 is 0.